The summed E-state index contributed by atoms with van der Waals surface area (Å²) in [6.07, 6.45) is 0. The number of anilines is 6. The first-order valence-electron chi connectivity index (χ1n) is 28.1. The first kappa shape index (κ1) is 47.1. The smallest absolute Gasteiger partial charge is 0.137 e. The van der Waals surface area contributed by atoms with Crippen LogP contribution in [-0.2, 0) is 0 Å². The third kappa shape index (κ3) is 7.91. The van der Waals surface area contributed by atoms with Crippen LogP contribution < -0.4 is 9.80 Å². The average molecular weight is 1050 g/mol. The molecule has 0 atom stereocenters. The fourth-order valence-corrected chi connectivity index (χ4v) is 12.7. The van der Waals surface area contributed by atoms with Gasteiger partial charge in [-0.25, -0.2) is 0 Å². The van der Waals surface area contributed by atoms with Gasteiger partial charge in [0.05, 0.1) is 22.1 Å². The topological polar surface area (TPSA) is 24.6 Å². The quantitative estimate of drug-likeness (QED) is 0.128. The van der Waals surface area contributed by atoms with Crippen molar-refractivity contribution in [1.29, 1.82) is 0 Å². The fraction of sp³-hybridized carbons (Fsp3) is 0. The van der Waals surface area contributed by atoms with Gasteiger partial charge in [-0.1, -0.05) is 200 Å². The van der Waals surface area contributed by atoms with Crippen molar-refractivity contribution in [2.75, 3.05) is 9.80 Å². The minimum atomic E-state index is 0.863. The van der Waals surface area contributed by atoms with E-state index in [1.807, 2.05) is 12.1 Å². The van der Waals surface area contributed by atoms with Crippen molar-refractivity contribution < 1.29 is 4.42 Å². The highest BCUT2D eigenvalue weighted by Crippen LogP contribution is 2.46. The van der Waals surface area contributed by atoms with Crippen molar-refractivity contribution in [3.05, 3.63) is 309 Å². The predicted octanol–water partition coefficient (Wildman–Crippen LogP) is 22.1. The molecule has 4 nitrogen and oxygen atoms in total. The van der Waals surface area contributed by atoms with E-state index in [4.69, 9.17) is 4.42 Å². The Balaban J connectivity index is 0.877. The minimum absolute atomic E-state index is 0.863. The van der Waals surface area contributed by atoms with Crippen molar-refractivity contribution >= 4 is 110 Å². The van der Waals surface area contributed by atoms with Gasteiger partial charge in [-0.15, -0.1) is 0 Å². The van der Waals surface area contributed by atoms with Crippen LogP contribution in [0.4, 0.5) is 34.1 Å². The van der Waals surface area contributed by atoms with Crippen molar-refractivity contribution in [2.24, 2.45) is 0 Å². The SMILES string of the molecule is c1ccc(-c2ccc(N(c3ccc(-c4ccccc4)cc3)c3ccc4c(c3)c3cc(-c5ccc(N(c6ccccc6)c6cccc7oc8ccccc8c67)cc5)ccc3n4-c3ccc4c5ccccc5c5ccccc5c4c3)cc2)cc1. The van der Waals surface area contributed by atoms with Crippen molar-refractivity contribution in [1.82, 2.24) is 4.57 Å². The second kappa shape index (κ2) is 19.5. The normalized spacial score (nSPS) is 11.7. The Bertz CT molecular complexity index is 4950. The van der Waals surface area contributed by atoms with E-state index >= 15 is 0 Å². The summed E-state index contributed by atoms with van der Waals surface area (Å²) in [6, 6.07) is 112. The van der Waals surface area contributed by atoms with E-state index < -0.39 is 0 Å². The Hall–Kier alpha value is -10.9. The highest BCUT2D eigenvalue weighted by molar-refractivity contribution is 6.26. The molecule has 16 aromatic rings. The molecule has 0 aliphatic carbocycles. The zero-order chi connectivity index (χ0) is 54.1. The zero-order valence-corrected chi connectivity index (χ0v) is 44.7. The van der Waals surface area contributed by atoms with Crippen LogP contribution in [0.3, 0.4) is 0 Å². The monoisotopic (exact) mass is 1050 g/mol. The summed E-state index contributed by atoms with van der Waals surface area (Å²) in [6.45, 7) is 0. The van der Waals surface area contributed by atoms with E-state index in [0.717, 1.165) is 89.3 Å². The van der Waals surface area contributed by atoms with Gasteiger partial charge >= 0.3 is 0 Å². The first-order valence-corrected chi connectivity index (χ1v) is 28.1. The molecule has 384 valence electrons. The number of fused-ring (bicyclic) bond motifs is 12. The maximum absolute atomic E-state index is 6.41. The lowest BCUT2D eigenvalue weighted by Gasteiger charge is -2.26. The van der Waals surface area contributed by atoms with Crippen LogP contribution in [0.2, 0.25) is 0 Å². The van der Waals surface area contributed by atoms with Crippen molar-refractivity contribution in [3.8, 4) is 39.1 Å². The van der Waals surface area contributed by atoms with Gasteiger partial charge < -0.3 is 18.8 Å². The summed E-state index contributed by atoms with van der Waals surface area (Å²) in [4.78, 5) is 4.74. The number of benzene rings is 14. The molecule has 0 radical (unpaired) electrons. The third-order valence-corrected chi connectivity index (χ3v) is 16.6. The van der Waals surface area contributed by atoms with E-state index in [1.54, 1.807) is 0 Å². The van der Waals surface area contributed by atoms with Crippen LogP contribution in [0.1, 0.15) is 0 Å². The van der Waals surface area contributed by atoms with E-state index in [0.29, 0.717) is 0 Å². The van der Waals surface area contributed by atoms with Crippen LogP contribution in [-0.4, -0.2) is 4.57 Å². The average Bonchev–Trinajstić information content (AvgIpc) is 4.26. The molecular weight excluding hydrogens is 995 g/mol. The van der Waals surface area contributed by atoms with E-state index in [2.05, 4.69) is 312 Å². The largest absolute Gasteiger partial charge is 0.456 e. The Morgan fingerprint density at radius 3 is 1.24 bits per heavy atom. The summed E-state index contributed by atoms with van der Waals surface area (Å²) in [7, 11) is 0. The Morgan fingerprint density at radius 2 is 0.646 bits per heavy atom. The summed E-state index contributed by atoms with van der Waals surface area (Å²) in [5.41, 5.74) is 18.5. The van der Waals surface area contributed by atoms with Gasteiger partial charge in [-0.05, 0) is 175 Å². The molecule has 14 aromatic carbocycles. The molecule has 2 aromatic heterocycles. The van der Waals surface area contributed by atoms with Gasteiger partial charge in [0.15, 0.2) is 0 Å². The Morgan fingerprint density at radius 1 is 0.232 bits per heavy atom. The molecule has 0 saturated carbocycles. The van der Waals surface area contributed by atoms with E-state index in [9.17, 15) is 0 Å². The molecule has 2 heterocycles. The molecule has 0 saturated heterocycles. The van der Waals surface area contributed by atoms with Crippen molar-refractivity contribution in [2.45, 2.75) is 0 Å². The lowest BCUT2D eigenvalue weighted by atomic mass is 9.94. The third-order valence-electron chi connectivity index (χ3n) is 16.6. The minimum Gasteiger partial charge on any atom is -0.456 e. The van der Waals surface area contributed by atoms with Gasteiger partial charge in [-0.2, -0.15) is 0 Å². The molecule has 0 aliphatic heterocycles. The van der Waals surface area contributed by atoms with Gasteiger partial charge in [0.25, 0.3) is 0 Å². The lowest BCUT2D eigenvalue weighted by Crippen LogP contribution is -2.10. The number of para-hydroxylation sites is 2. The van der Waals surface area contributed by atoms with E-state index in [-0.39, 0.29) is 0 Å². The first-order chi connectivity index (χ1) is 40.7. The molecule has 0 bridgehead atoms. The second-order valence-electron chi connectivity index (χ2n) is 21.2. The van der Waals surface area contributed by atoms with Gasteiger partial charge in [0, 0.05) is 50.3 Å². The number of aromatic nitrogens is 1. The molecule has 0 spiro atoms. The maximum atomic E-state index is 6.41. The van der Waals surface area contributed by atoms with Crippen LogP contribution >= 0.6 is 0 Å². The molecule has 0 unspecified atom stereocenters. The summed E-state index contributed by atoms with van der Waals surface area (Å²) in [5.74, 6) is 0. The molecule has 0 fully saturated rings. The van der Waals surface area contributed by atoms with Gasteiger partial charge in [0.1, 0.15) is 11.2 Å². The molecule has 82 heavy (non-hydrogen) atoms. The van der Waals surface area contributed by atoms with Crippen LogP contribution in [0, 0.1) is 0 Å². The summed E-state index contributed by atoms with van der Waals surface area (Å²) in [5, 5.41) is 12.1. The summed E-state index contributed by atoms with van der Waals surface area (Å²) < 4.78 is 8.88. The highest BCUT2D eigenvalue weighted by atomic mass is 16.3. The van der Waals surface area contributed by atoms with Crippen molar-refractivity contribution in [3.63, 3.8) is 0 Å². The van der Waals surface area contributed by atoms with Crippen LogP contribution in [0.15, 0.2) is 314 Å². The number of hydrogen-bond acceptors (Lipinski definition) is 3. The Labute approximate surface area is 474 Å². The number of furan rings is 1. The molecule has 4 heteroatoms. The Kier molecular flexibility index (Phi) is 11.2. The van der Waals surface area contributed by atoms with Crippen LogP contribution in [0.25, 0.3) is 115 Å². The number of nitrogens with zero attached hydrogens (tertiary/aromatic N) is 3. The second-order valence-corrected chi connectivity index (χ2v) is 21.2. The zero-order valence-electron chi connectivity index (χ0n) is 44.7. The molecular formula is C78H51N3O. The van der Waals surface area contributed by atoms with Gasteiger partial charge in [-0.3, -0.25) is 0 Å². The lowest BCUT2D eigenvalue weighted by molar-refractivity contribution is 0.669. The molecule has 0 aliphatic rings. The van der Waals surface area contributed by atoms with Gasteiger partial charge in [0.2, 0.25) is 0 Å². The molecule has 0 N–H and O–H groups in total. The number of hydrogen-bond donors (Lipinski definition) is 0. The molecule has 16 rings (SSSR count). The number of rotatable bonds is 10. The highest BCUT2D eigenvalue weighted by Gasteiger charge is 2.22. The maximum Gasteiger partial charge on any atom is 0.137 e. The van der Waals surface area contributed by atoms with E-state index in [1.165, 1.54) is 60.0 Å². The van der Waals surface area contributed by atoms with Crippen LogP contribution in [0.5, 0.6) is 0 Å². The summed E-state index contributed by atoms with van der Waals surface area (Å²) >= 11 is 0. The molecule has 0 amide bonds. The standard InChI is InChI=1S/C78H51N3O/c1-4-17-52(18-5-1)54-31-38-59(39-32-54)79(60-40-33-55(34-41-60)53-19-6-2-7-20-53)62-45-48-74-72(51-62)71-49-57(37-47-73(71)81(74)63-44-46-68-66-25-11-10-23-64(66)65-24-12-13-26-67(65)70(68)50-63)56-35-42-61(43-36-56)80(58-21-8-3-9-22-58)75-28-16-30-77-78(75)69-27-14-15-29-76(69)82-77/h1-51H. The predicted molar refractivity (Wildman–Crippen MR) is 346 cm³/mol. The fourth-order valence-electron chi connectivity index (χ4n) is 12.7.